The minimum Gasteiger partial charge on any atom is -0.496 e. The maximum Gasteiger partial charge on any atom is 0.243 e. The van der Waals surface area contributed by atoms with Crippen molar-refractivity contribution in [1.82, 2.24) is 0 Å². The molecule has 6 nitrogen and oxygen atoms in total. The minimum atomic E-state index is -0.975. The molecule has 19 heavy (non-hydrogen) atoms. The van der Waals surface area contributed by atoms with Gasteiger partial charge in [0.25, 0.3) is 0 Å². The number of anilines is 1. The van der Waals surface area contributed by atoms with E-state index in [1.807, 2.05) is 13.8 Å². The van der Waals surface area contributed by atoms with Crippen molar-refractivity contribution in [3.8, 4) is 11.5 Å². The number of carbonyl (C=O) groups excluding carboxylic acids is 1. The highest BCUT2D eigenvalue weighted by molar-refractivity contribution is 5.96. The highest BCUT2D eigenvalue weighted by atomic mass is 16.5. The number of methoxy groups -OCH3 is 2. The van der Waals surface area contributed by atoms with Gasteiger partial charge >= 0.3 is 0 Å². The van der Waals surface area contributed by atoms with Gasteiger partial charge in [-0.3, -0.25) is 4.79 Å². The summed E-state index contributed by atoms with van der Waals surface area (Å²) in [6.07, 6.45) is 0. The monoisotopic (exact) mass is 268 g/mol. The molecule has 0 aliphatic carbocycles. The molecule has 0 fully saturated rings. The predicted octanol–water partition coefficient (Wildman–Crippen LogP) is 0.579. The summed E-state index contributed by atoms with van der Waals surface area (Å²) in [7, 11) is 3.08. The first-order valence-electron chi connectivity index (χ1n) is 5.85. The zero-order valence-corrected chi connectivity index (χ0v) is 11.6. The third kappa shape index (κ3) is 3.15. The zero-order chi connectivity index (χ0) is 14.6. The van der Waals surface area contributed by atoms with Crippen LogP contribution in [0.15, 0.2) is 6.07 Å². The lowest BCUT2D eigenvalue weighted by molar-refractivity contribution is -0.118. The SMILES string of the molecule is COc1cc(NC(=O)C(N)CO)c(OC)c(C)c1C. The van der Waals surface area contributed by atoms with Gasteiger partial charge in [0, 0.05) is 6.07 Å². The lowest BCUT2D eigenvalue weighted by atomic mass is 10.1. The number of aliphatic hydroxyl groups is 1. The number of benzene rings is 1. The summed E-state index contributed by atoms with van der Waals surface area (Å²) in [5.74, 6) is 0.717. The van der Waals surface area contributed by atoms with E-state index in [-0.39, 0.29) is 0 Å². The normalized spacial score (nSPS) is 11.9. The van der Waals surface area contributed by atoms with Crippen LogP contribution in [0.25, 0.3) is 0 Å². The molecule has 1 unspecified atom stereocenters. The van der Waals surface area contributed by atoms with Crippen LogP contribution in [0.1, 0.15) is 11.1 Å². The van der Waals surface area contributed by atoms with Crippen LogP contribution in [-0.4, -0.2) is 37.9 Å². The minimum absolute atomic E-state index is 0.421. The molecular formula is C13H20N2O4. The van der Waals surface area contributed by atoms with E-state index >= 15 is 0 Å². The first-order chi connectivity index (χ1) is 8.96. The molecule has 0 saturated heterocycles. The van der Waals surface area contributed by atoms with E-state index in [4.69, 9.17) is 20.3 Å². The van der Waals surface area contributed by atoms with E-state index in [2.05, 4.69) is 5.32 Å². The number of aliphatic hydroxyl groups excluding tert-OH is 1. The summed E-state index contributed by atoms with van der Waals surface area (Å²) in [6, 6.07) is 0.695. The fourth-order valence-corrected chi connectivity index (χ4v) is 1.74. The molecule has 0 heterocycles. The first kappa shape index (κ1) is 15.3. The molecule has 4 N–H and O–H groups in total. The Morgan fingerprint density at radius 3 is 2.47 bits per heavy atom. The number of carbonyl (C=O) groups is 1. The van der Waals surface area contributed by atoms with Crippen molar-refractivity contribution in [2.45, 2.75) is 19.9 Å². The van der Waals surface area contributed by atoms with E-state index < -0.39 is 18.6 Å². The van der Waals surface area contributed by atoms with Crippen molar-refractivity contribution in [1.29, 1.82) is 0 Å². The van der Waals surface area contributed by atoms with Crippen LogP contribution in [-0.2, 0) is 4.79 Å². The maximum atomic E-state index is 11.7. The quantitative estimate of drug-likeness (QED) is 0.726. The third-order valence-corrected chi connectivity index (χ3v) is 3.01. The molecule has 0 aliphatic heterocycles. The topological polar surface area (TPSA) is 93.8 Å². The first-order valence-corrected chi connectivity index (χ1v) is 5.85. The Labute approximate surface area is 112 Å². The van der Waals surface area contributed by atoms with Gasteiger partial charge in [0.1, 0.15) is 17.5 Å². The Hall–Kier alpha value is -1.79. The Balaban J connectivity index is 3.19. The summed E-state index contributed by atoms with van der Waals surface area (Å²) in [6.45, 7) is 3.36. The maximum absolute atomic E-state index is 11.7. The van der Waals surface area contributed by atoms with Crippen LogP contribution in [0.3, 0.4) is 0 Å². The van der Waals surface area contributed by atoms with Crippen molar-refractivity contribution < 1.29 is 19.4 Å². The molecular weight excluding hydrogens is 248 g/mol. The molecule has 0 bridgehead atoms. The van der Waals surface area contributed by atoms with Gasteiger partial charge in [0.05, 0.1) is 26.5 Å². The second kappa shape index (κ2) is 6.40. The highest BCUT2D eigenvalue weighted by Crippen LogP contribution is 2.36. The molecule has 1 rings (SSSR count). The second-order valence-electron chi connectivity index (χ2n) is 4.19. The lowest BCUT2D eigenvalue weighted by Crippen LogP contribution is -2.38. The van der Waals surface area contributed by atoms with Gasteiger partial charge in [-0.05, 0) is 25.0 Å². The smallest absolute Gasteiger partial charge is 0.243 e. The molecule has 0 aromatic heterocycles. The van der Waals surface area contributed by atoms with Crippen LogP contribution in [0.2, 0.25) is 0 Å². The summed E-state index contributed by atoms with van der Waals surface area (Å²) >= 11 is 0. The molecule has 0 radical (unpaired) electrons. The lowest BCUT2D eigenvalue weighted by Gasteiger charge is -2.18. The Morgan fingerprint density at radius 1 is 1.37 bits per heavy atom. The molecule has 1 aromatic rings. The Bertz CT molecular complexity index is 474. The van der Waals surface area contributed by atoms with Gasteiger partial charge < -0.3 is 25.6 Å². The van der Waals surface area contributed by atoms with Crippen molar-refractivity contribution in [2.24, 2.45) is 5.73 Å². The molecule has 6 heteroatoms. The summed E-state index contributed by atoms with van der Waals surface area (Å²) in [4.78, 5) is 11.7. The predicted molar refractivity (Wildman–Crippen MR) is 72.7 cm³/mol. The fourth-order valence-electron chi connectivity index (χ4n) is 1.74. The van der Waals surface area contributed by atoms with E-state index in [0.29, 0.717) is 17.2 Å². The van der Waals surface area contributed by atoms with Crippen LogP contribution in [0.4, 0.5) is 5.69 Å². The van der Waals surface area contributed by atoms with E-state index in [1.165, 1.54) is 7.11 Å². The van der Waals surface area contributed by atoms with Gasteiger partial charge in [-0.2, -0.15) is 0 Å². The Kier molecular flexibility index (Phi) is 5.14. The largest absolute Gasteiger partial charge is 0.496 e. The van der Waals surface area contributed by atoms with Gasteiger partial charge in [0.2, 0.25) is 5.91 Å². The third-order valence-electron chi connectivity index (χ3n) is 3.01. The Morgan fingerprint density at radius 2 is 2.00 bits per heavy atom. The fraction of sp³-hybridized carbons (Fsp3) is 0.462. The van der Waals surface area contributed by atoms with Gasteiger partial charge in [-0.25, -0.2) is 0 Å². The number of hydrogen-bond acceptors (Lipinski definition) is 5. The summed E-state index contributed by atoms with van der Waals surface area (Å²) < 4.78 is 10.5. The molecule has 1 atom stereocenters. The van der Waals surface area contributed by atoms with Gasteiger partial charge in [-0.15, -0.1) is 0 Å². The van der Waals surface area contributed by atoms with Crippen LogP contribution in [0, 0.1) is 13.8 Å². The van der Waals surface area contributed by atoms with E-state index in [1.54, 1.807) is 13.2 Å². The zero-order valence-electron chi connectivity index (χ0n) is 11.6. The number of nitrogens with one attached hydrogen (secondary N) is 1. The van der Waals surface area contributed by atoms with Crippen molar-refractivity contribution in [3.63, 3.8) is 0 Å². The molecule has 1 aromatic carbocycles. The van der Waals surface area contributed by atoms with Crippen molar-refractivity contribution in [2.75, 3.05) is 26.1 Å². The van der Waals surface area contributed by atoms with Crippen LogP contribution < -0.4 is 20.5 Å². The summed E-state index contributed by atoms with van der Waals surface area (Å²) in [5.41, 5.74) is 7.73. The number of amides is 1. The van der Waals surface area contributed by atoms with E-state index in [9.17, 15) is 4.79 Å². The number of hydrogen-bond donors (Lipinski definition) is 3. The van der Waals surface area contributed by atoms with Crippen LogP contribution >= 0.6 is 0 Å². The van der Waals surface area contributed by atoms with Gasteiger partial charge in [-0.1, -0.05) is 0 Å². The average molecular weight is 268 g/mol. The molecule has 0 aliphatic rings. The molecule has 0 saturated carbocycles. The molecule has 1 amide bonds. The average Bonchev–Trinajstić information content (AvgIpc) is 2.41. The van der Waals surface area contributed by atoms with Crippen LogP contribution in [0.5, 0.6) is 11.5 Å². The molecule has 106 valence electrons. The van der Waals surface area contributed by atoms with Crippen molar-refractivity contribution >= 4 is 11.6 Å². The number of ether oxygens (including phenoxy) is 2. The number of rotatable bonds is 5. The van der Waals surface area contributed by atoms with Crippen molar-refractivity contribution in [3.05, 3.63) is 17.2 Å². The second-order valence-corrected chi connectivity index (χ2v) is 4.19. The summed E-state index contributed by atoms with van der Waals surface area (Å²) in [5, 5.41) is 11.5. The number of nitrogens with two attached hydrogens (primary N) is 1. The molecule has 0 spiro atoms. The van der Waals surface area contributed by atoms with E-state index in [0.717, 1.165) is 11.1 Å². The van der Waals surface area contributed by atoms with Gasteiger partial charge in [0.15, 0.2) is 0 Å². The highest BCUT2D eigenvalue weighted by Gasteiger charge is 2.18. The standard InChI is InChI=1S/C13H20N2O4/c1-7-8(2)12(19-4)10(5-11(7)18-3)15-13(17)9(14)6-16/h5,9,16H,6,14H2,1-4H3,(H,15,17).